The molecule has 2 aromatic heterocycles. The third-order valence-corrected chi connectivity index (χ3v) is 6.42. The lowest BCUT2D eigenvalue weighted by Gasteiger charge is -2.37. The molecule has 0 spiro atoms. The van der Waals surface area contributed by atoms with Crippen molar-refractivity contribution in [3.05, 3.63) is 34.1 Å². The molecular formula is C20H32IN5OS. The number of halogens is 1. The first-order chi connectivity index (χ1) is 13.1. The van der Waals surface area contributed by atoms with Crippen LogP contribution in [0.5, 0.6) is 0 Å². The van der Waals surface area contributed by atoms with E-state index < -0.39 is 0 Å². The molecule has 8 heteroatoms. The number of guanidine groups is 1. The van der Waals surface area contributed by atoms with Gasteiger partial charge in [-0.25, -0.2) is 0 Å². The molecule has 2 aromatic rings. The summed E-state index contributed by atoms with van der Waals surface area (Å²) in [6.07, 6.45) is 7.15. The number of nitrogens with one attached hydrogen (secondary N) is 2. The molecule has 0 saturated heterocycles. The Hall–Kier alpha value is -1.16. The van der Waals surface area contributed by atoms with Gasteiger partial charge in [0.1, 0.15) is 0 Å². The molecule has 0 aromatic carbocycles. The van der Waals surface area contributed by atoms with Crippen molar-refractivity contribution >= 4 is 41.3 Å². The first-order valence-corrected chi connectivity index (χ1v) is 10.8. The van der Waals surface area contributed by atoms with Crippen LogP contribution in [0.3, 0.4) is 0 Å². The van der Waals surface area contributed by atoms with Crippen LogP contribution in [-0.4, -0.2) is 36.2 Å². The van der Waals surface area contributed by atoms with Gasteiger partial charge in [-0.15, -0.1) is 35.3 Å². The highest BCUT2D eigenvalue weighted by Crippen LogP contribution is 2.41. The third kappa shape index (κ3) is 5.92. The van der Waals surface area contributed by atoms with Crippen LogP contribution < -0.4 is 10.6 Å². The molecule has 6 nitrogen and oxygen atoms in total. The Morgan fingerprint density at radius 1 is 1.29 bits per heavy atom. The van der Waals surface area contributed by atoms with Crippen molar-refractivity contribution in [1.29, 1.82) is 0 Å². The maximum Gasteiger partial charge on any atom is 0.228 e. The first-order valence-electron chi connectivity index (χ1n) is 9.94. The molecule has 0 bridgehead atoms. The Kier molecular flexibility index (Phi) is 9.20. The molecule has 1 saturated carbocycles. The molecule has 0 unspecified atom stereocenters. The van der Waals surface area contributed by atoms with Crippen LogP contribution in [0.2, 0.25) is 0 Å². The van der Waals surface area contributed by atoms with Gasteiger partial charge in [-0.1, -0.05) is 44.3 Å². The zero-order valence-electron chi connectivity index (χ0n) is 17.0. The van der Waals surface area contributed by atoms with E-state index in [0.717, 1.165) is 18.3 Å². The highest BCUT2D eigenvalue weighted by Gasteiger charge is 2.34. The van der Waals surface area contributed by atoms with Gasteiger partial charge >= 0.3 is 0 Å². The SMILES string of the molecule is CN=C(NCCc1nc(C(C)C)no1)NCC1(c2cccs2)CCCCC1.I. The zero-order valence-corrected chi connectivity index (χ0v) is 20.2. The highest BCUT2D eigenvalue weighted by molar-refractivity contribution is 14.0. The molecule has 1 aliphatic carbocycles. The van der Waals surface area contributed by atoms with E-state index in [1.165, 1.54) is 37.0 Å². The van der Waals surface area contributed by atoms with Gasteiger partial charge in [0.25, 0.3) is 0 Å². The Bertz CT molecular complexity index is 723. The normalized spacial score (nSPS) is 16.6. The molecule has 0 aliphatic heterocycles. The lowest BCUT2D eigenvalue weighted by molar-refractivity contribution is 0.296. The summed E-state index contributed by atoms with van der Waals surface area (Å²) >= 11 is 1.88. The molecule has 28 heavy (non-hydrogen) atoms. The van der Waals surface area contributed by atoms with Crippen LogP contribution in [-0.2, 0) is 11.8 Å². The largest absolute Gasteiger partial charge is 0.356 e. The summed E-state index contributed by atoms with van der Waals surface area (Å²) in [5.74, 6) is 2.56. The van der Waals surface area contributed by atoms with Crippen molar-refractivity contribution < 1.29 is 4.52 Å². The van der Waals surface area contributed by atoms with Crippen molar-refractivity contribution in [3.63, 3.8) is 0 Å². The van der Waals surface area contributed by atoms with Gasteiger partial charge in [-0.2, -0.15) is 4.98 Å². The molecule has 2 heterocycles. The third-order valence-electron chi connectivity index (χ3n) is 5.30. The van der Waals surface area contributed by atoms with Gasteiger partial charge in [0.05, 0.1) is 0 Å². The summed E-state index contributed by atoms with van der Waals surface area (Å²) in [4.78, 5) is 10.3. The van der Waals surface area contributed by atoms with Crippen molar-refractivity contribution in [1.82, 2.24) is 20.8 Å². The number of nitrogens with zero attached hydrogens (tertiary/aromatic N) is 3. The zero-order chi connectivity index (χ0) is 19.1. The van der Waals surface area contributed by atoms with E-state index in [2.05, 4.69) is 57.1 Å². The Labute approximate surface area is 189 Å². The molecule has 1 fully saturated rings. The average Bonchev–Trinajstić information content (AvgIpc) is 3.37. The van der Waals surface area contributed by atoms with Crippen LogP contribution in [0.1, 0.15) is 68.5 Å². The minimum absolute atomic E-state index is 0. The smallest absolute Gasteiger partial charge is 0.228 e. The predicted molar refractivity (Wildman–Crippen MR) is 126 cm³/mol. The molecular weight excluding hydrogens is 485 g/mol. The van der Waals surface area contributed by atoms with Crippen LogP contribution in [0.15, 0.2) is 27.0 Å². The van der Waals surface area contributed by atoms with Crippen LogP contribution in [0.4, 0.5) is 0 Å². The predicted octanol–water partition coefficient (Wildman–Crippen LogP) is 4.48. The summed E-state index contributed by atoms with van der Waals surface area (Å²) in [6.45, 7) is 5.76. The lowest BCUT2D eigenvalue weighted by Crippen LogP contribution is -2.46. The highest BCUT2D eigenvalue weighted by atomic mass is 127. The fraction of sp³-hybridized carbons (Fsp3) is 0.650. The first kappa shape index (κ1) is 23.1. The molecule has 1 aliphatic rings. The van der Waals surface area contributed by atoms with Crippen LogP contribution in [0, 0.1) is 0 Å². The summed E-state index contributed by atoms with van der Waals surface area (Å²) < 4.78 is 5.30. The van der Waals surface area contributed by atoms with Gasteiger partial charge < -0.3 is 15.2 Å². The second-order valence-electron chi connectivity index (χ2n) is 7.62. The fourth-order valence-corrected chi connectivity index (χ4v) is 4.67. The van der Waals surface area contributed by atoms with E-state index in [4.69, 9.17) is 4.52 Å². The van der Waals surface area contributed by atoms with Crippen LogP contribution in [0.25, 0.3) is 0 Å². The maximum absolute atomic E-state index is 5.30. The lowest BCUT2D eigenvalue weighted by atomic mass is 9.73. The monoisotopic (exact) mass is 517 g/mol. The minimum atomic E-state index is 0. The molecule has 0 amide bonds. The minimum Gasteiger partial charge on any atom is -0.356 e. The van der Waals surface area contributed by atoms with Crippen molar-refractivity contribution in [2.24, 2.45) is 4.99 Å². The van der Waals surface area contributed by atoms with Gasteiger partial charge in [0.2, 0.25) is 5.89 Å². The number of thiophene rings is 1. The van der Waals surface area contributed by atoms with E-state index in [1.54, 1.807) is 0 Å². The summed E-state index contributed by atoms with van der Waals surface area (Å²) in [7, 11) is 1.82. The Morgan fingerprint density at radius 2 is 2.07 bits per heavy atom. The topological polar surface area (TPSA) is 75.3 Å². The van der Waals surface area contributed by atoms with E-state index in [0.29, 0.717) is 18.9 Å². The maximum atomic E-state index is 5.30. The molecule has 156 valence electrons. The quantitative estimate of drug-likeness (QED) is 0.322. The number of aliphatic imine (C=N–C) groups is 1. The molecule has 3 rings (SSSR count). The van der Waals surface area contributed by atoms with E-state index in [-0.39, 0.29) is 35.3 Å². The van der Waals surface area contributed by atoms with Gasteiger partial charge in [-0.3, -0.25) is 4.99 Å². The second kappa shape index (κ2) is 11.1. The fourth-order valence-electron chi connectivity index (χ4n) is 3.68. The second-order valence-corrected chi connectivity index (χ2v) is 8.57. The number of rotatable bonds is 7. The molecule has 2 N–H and O–H groups in total. The Balaban J connectivity index is 0.00000280. The average molecular weight is 517 g/mol. The molecule has 0 atom stereocenters. The van der Waals surface area contributed by atoms with E-state index in [1.807, 2.05) is 18.4 Å². The molecule has 0 radical (unpaired) electrons. The summed E-state index contributed by atoms with van der Waals surface area (Å²) in [6, 6.07) is 4.45. The van der Waals surface area contributed by atoms with Gasteiger partial charge in [-0.05, 0) is 24.3 Å². The number of aromatic nitrogens is 2. The number of hydrogen-bond acceptors (Lipinski definition) is 5. The van der Waals surface area contributed by atoms with Crippen molar-refractivity contribution in [2.45, 2.75) is 63.7 Å². The number of hydrogen-bond donors (Lipinski definition) is 2. The Morgan fingerprint density at radius 3 is 2.68 bits per heavy atom. The van der Waals surface area contributed by atoms with E-state index >= 15 is 0 Å². The van der Waals surface area contributed by atoms with E-state index in [9.17, 15) is 0 Å². The standard InChI is InChI=1S/C20H31N5OS.HI/c1-15(2)18-24-17(26-25-18)9-12-22-19(21-3)23-14-20(10-5-4-6-11-20)16-8-7-13-27-16;/h7-8,13,15H,4-6,9-12,14H2,1-3H3,(H2,21,22,23);1H. The summed E-state index contributed by atoms with van der Waals surface area (Å²) in [5, 5.41) is 13.1. The van der Waals surface area contributed by atoms with Crippen LogP contribution >= 0.6 is 35.3 Å². The van der Waals surface area contributed by atoms with Gasteiger partial charge in [0, 0.05) is 42.8 Å². The van der Waals surface area contributed by atoms with Crippen molar-refractivity contribution in [3.8, 4) is 0 Å². The van der Waals surface area contributed by atoms with Crippen molar-refractivity contribution in [2.75, 3.05) is 20.1 Å². The van der Waals surface area contributed by atoms with Gasteiger partial charge in [0.15, 0.2) is 11.8 Å². The summed E-state index contributed by atoms with van der Waals surface area (Å²) in [5.41, 5.74) is 0.239.